The molecule has 0 atom stereocenters. The van der Waals surface area contributed by atoms with Gasteiger partial charge in [-0.1, -0.05) is 0 Å². The number of thiophene rings is 1. The molecule has 0 saturated heterocycles. The molecule has 0 saturated carbocycles. The van der Waals surface area contributed by atoms with E-state index in [9.17, 15) is 0 Å². The van der Waals surface area contributed by atoms with Crippen LogP contribution in [0, 0.1) is 0 Å². The summed E-state index contributed by atoms with van der Waals surface area (Å²) in [5.41, 5.74) is 7.37. The summed E-state index contributed by atoms with van der Waals surface area (Å²) >= 11 is 1.59. The highest BCUT2D eigenvalue weighted by atomic mass is 32.1. The first-order chi connectivity index (χ1) is 4.34. The van der Waals surface area contributed by atoms with Gasteiger partial charge in [-0.25, -0.2) is 0 Å². The van der Waals surface area contributed by atoms with E-state index in [1.54, 1.807) is 24.6 Å². The van der Waals surface area contributed by atoms with Crippen molar-refractivity contribution in [2.45, 2.75) is 0 Å². The second-order valence-corrected chi connectivity index (χ2v) is 2.41. The molecule has 1 heterocycles. The molecule has 9 heavy (non-hydrogen) atoms. The van der Waals surface area contributed by atoms with Crippen LogP contribution >= 0.6 is 11.3 Å². The lowest BCUT2D eigenvalue weighted by Crippen LogP contribution is -1.86. The third-order valence-electron chi connectivity index (χ3n) is 0.992. The van der Waals surface area contributed by atoms with Crippen LogP contribution in [0.5, 0.6) is 0 Å². The van der Waals surface area contributed by atoms with Crippen LogP contribution < -0.4 is 5.73 Å². The molecule has 0 bridgehead atoms. The number of nitrogens with two attached hydrogens (primary N) is 1. The Bertz CT molecular complexity index is 215. The normalized spacial score (nSPS) is 10.8. The zero-order chi connectivity index (χ0) is 6.69. The first kappa shape index (κ1) is 6.29. The standard InChI is InChI=1S/C6H8N2S/c1-8-2-5-3-9-4-6(5)7/h2-4H,7H2,1H3/b8-2-. The predicted octanol–water partition coefficient (Wildman–Crippen LogP) is 1.38. The molecule has 0 unspecified atom stereocenters. The molecule has 1 rings (SSSR count). The van der Waals surface area contributed by atoms with Crippen molar-refractivity contribution in [3.63, 3.8) is 0 Å². The molecule has 0 aliphatic rings. The van der Waals surface area contributed by atoms with E-state index in [-0.39, 0.29) is 0 Å². The molecular weight excluding hydrogens is 132 g/mol. The fourth-order valence-corrected chi connectivity index (χ4v) is 1.26. The summed E-state index contributed by atoms with van der Waals surface area (Å²) in [7, 11) is 1.73. The molecular formula is C6H8N2S. The lowest BCUT2D eigenvalue weighted by molar-refractivity contribution is 1.47. The maximum absolute atomic E-state index is 5.55. The van der Waals surface area contributed by atoms with Crippen molar-refractivity contribution >= 4 is 23.2 Å². The third kappa shape index (κ3) is 1.29. The number of nitrogens with zero attached hydrogens (tertiary/aromatic N) is 1. The highest BCUT2D eigenvalue weighted by Gasteiger charge is 1.92. The van der Waals surface area contributed by atoms with E-state index < -0.39 is 0 Å². The Morgan fingerprint density at radius 1 is 1.67 bits per heavy atom. The lowest BCUT2D eigenvalue weighted by Gasteiger charge is -1.84. The molecule has 3 heteroatoms. The van der Waals surface area contributed by atoms with Crippen molar-refractivity contribution < 1.29 is 0 Å². The Balaban J connectivity index is 2.94. The van der Waals surface area contributed by atoms with Crippen molar-refractivity contribution in [3.05, 3.63) is 16.3 Å². The topological polar surface area (TPSA) is 38.4 Å². The summed E-state index contributed by atoms with van der Waals surface area (Å²) in [6, 6.07) is 0. The zero-order valence-corrected chi connectivity index (χ0v) is 5.98. The first-order valence-electron chi connectivity index (χ1n) is 2.58. The highest BCUT2D eigenvalue weighted by Crippen LogP contribution is 2.13. The average Bonchev–Trinajstić information content (AvgIpc) is 2.18. The number of anilines is 1. The van der Waals surface area contributed by atoms with Crippen LogP contribution in [0.2, 0.25) is 0 Å². The van der Waals surface area contributed by atoms with E-state index in [0.29, 0.717) is 0 Å². The van der Waals surface area contributed by atoms with Crippen LogP contribution in [0.4, 0.5) is 5.69 Å². The van der Waals surface area contributed by atoms with Crippen molar-refractivity contribution in [2.24, 2.45) is 4.99 Å². The van der Waals surface area contributed by atoms with Gasteiger partial charge < -0.3 is 5.73 Å². The Kier molecular flexibility index (Phi) is 1.85. The summed E-state index contributed by atoms with van der Waals surface area (Å²) in [5, 5.41) is 3.87. The van der Waals surface area contributed by atoms with E-state index in [1.807, 2.05) is 10.8 Å². The molecule has 0 fully saturated rings. The van der Waals surface area contributed by atoms with Crippen molar-refractivity contribution in [3.8, 4) is 0 Å². The SMILES string of the molecule is C/N=C\c1cscc1N. The summed E-state index contributed by atoms with van der Waals surface area (Å²) in [6.07, 6.45) is 1.76. The van der Waals surface area contributed by atoms with E-state index >= 15 is 0 Å². The van der Waals surface area contributed by atoms with Crippen LogP contribution in [0.3, 0.4) is 0 Å². The number of hydrogen-bond donors (Lipinski definition) is 1. The van der Waals surface area contributed by atoms with Gasteiger partial charge in [-0.05, 0) is 0 Å². The van der Waals surface area contributed by atoms with Gasteiger partial charge in [-0.2, -0.15) is 0 Å². The molecule has 0 aliphatic heterocycles. The van der Waals surface area contributed by atoms with Crippen LogP contribution in [-0.4, -0.2) is 13.3 Å². The molecule has 48 valence electrons. The minimum absolute atomic E-state index is 0.811. The molecule has 0 aliphatic carbocycles. The molecule has 0 amide bonds. The Morgan fingerprint density at radius 2 is 2.44 bits per heavy atom. The minimum Gasteiger partial charge on any atom is -0.398 e. The summed E-state index contributed by atoms with van der Waals surface area (Å²) in [4.78, 5) is 3.84. The molecule has 2 nitrogen and oxygen atoms in total. The molecule has 2 N–H and O–H groups in total. The quantitative estimate of drug-likeness (QED) is 0.588. The monoisotopic (exact) mass is 140 g/mol. The maximum Gasteiger partial charge on any atom is 0.0511 e. The van der Waals surface area contributed by atoms with Crippen molar-refractivity contribution in [1.29, 1.82) is 0 Å². The maximum atomic E-state index is 5.55. The zero-order valence-electron chi connectivity index (χ0n) is 5.16. The van der Waals surface area contributed by atoms with E-state index in [1.165, 1.54) is 0 Å². The van der Waals surface area contributed by atoms with Gasteiger partial charge in [-0.15, -0.1) is 11.3 Å². The summed E-state index contributed by atoms with van der Waals surface area (Å²) < 4.78 is 0. The van der Waals surface area contributed by atoms with Gasteiger partial charge in [0.1, 0.15) is 0 Å². The van der Waals surface area contributed by atoms with E-state index in [0.717, 1.165) is 11.3 Å². The van der Waals surface area contributed by atoms with Crippen LogP contribution in [0.25, 0.3) is 0 Å². The van der Waals surface area contributed by atoms with Gasteiger partial charge in [-0.3, -0.25) is 4.99 Å². The summed E-state index contributed by atoms with van der Waals surface area (Å²) in [6.45, 7) is 0. The summed E-state index contributed by atoms with van der Waals surface area (Å²) in [5.74, 6) is 0. The van der Waals surface area contributed by atoms with Gasteiger partial charge in [0, 0.05) is 29.6 Å². The van der Waals surface area contributed by atoms with Gasteiger partial charge in [0.15, 0.2) is 0 Å². The van der Waals surface area contributed by atoms with Crippen LogP contribution in [0.1, 0.15) is 5.56 Å². The van der Waals surface area contributed by atoms with Crippen molar-refractivity contribution in [1.82, 2.24) is 0 Å². The fraction of sp³-hybridized carbons (Fsp3) is 0.167. The number of hydrogen-bond acceptors (Lipinski definition) is 3. The average molecular weight is 140 g/mol. The smallest absolute Gasteiger partial charge is 0.0511 e. The molecule has 0 aromatic carbocycles. The van der Waals surface area contributed by atoms with E-state index in [2.05, 4.69) is 4.99 Å². The van der Waals surface area contributed by atoms with Gasteiger partial charge in [0.25, 0.3) is 0 Å². The molecule has 0 spiro atoms. The molecule has 0 radical (unpaired) electrons. The van der Waals surface area contributed by atoms with E-state index in [4.69, 9.17) is 5.73 Å². The second kappa shape index (κ2) is 2.64. The number of aliphatic imine (C=N–C) groups is 1. The Labute approximate surface area is 58.0 Å². The number of nitrogen functional groups attached to an aromatic ring is 1. The second-order valence-electron chi connectivity index (χ2n) is 1.67. The fourth-order valence-electron chi connectivity index (χ4n) is 0.561. The van der Waals surface area contributed by atoms with Crippen LogP contribution in [0.15, 0.2) is 15.8 Å². The molecule has 1 aromatic heterocycles. The predicted molar refractivity (Wildman–Crippen MR) is 42.2 cm³/mol. The Morgan fingerprint density at radius 3 is 2.89 bits per heavy atom. The first-order valence-corrected chi connectivity index (χ1v) is 3.52. The van der Waals surface area contributed by atoms with Crippen LogP contribution in [-0.2, 0) is 0 Å². The largest absolute Gasteiger partial charge is 0.398 e. The third-order valence-corrected chi connectivity index (χ3v) is 1.77. The number of rotatable bonds is 1. The van der Waals surface area contributed by atoms with Gasteiger partial charge in [0.2, 0.25) is 0 Å². The Hall–Kier alpha value is -0.830. The lowest BCUT2D eigenvalue weighted by atomic mass is 10.3. The molecule has 1 aromatic rings. The minimum atomic E-state index is 0.811. The highest BCUT2D eigenvalue weighted by molar-refractivity contribution is 7.08. The van der Waals surface area contributed by atoms with Gasteiger partial charge in [0.05, 0.1) is 5.69 Å². The van der Waals surface area contributed by atoms with Crippen molar-refractivity contribution in [2.75, 3.05) is 12.8 Å². The van der Waals surface area contributed by atoms with Gasteiger partial charge >= 0.3 is 0 Å².